The molecule has 0 aliphatic heterocycles. The first-order chi connectivity index (χ1) is 7.16. The number of aryl methyl sites for hydroxylation is 1. The zero-order valence-corrected chi connectivity index (χ0v) is 8.27. The highest BCUT2D eigenvalue weighted by atomic mass is 16.4. The summed E-state index contributed by atoms with van der Waals surface area (Å²) in [7, 11) is 1.91. The first-order valence-electron chi connectivity index (χ1n) is 4.53. The number of nitrogens with zero attached hydrogens (tertiary/aromatic N) is 2. The van der Waals surface area contributed by atoms with E-state index in [1.807, 2.05) is 30.1 Å². The van der Waals surface area contributed by atoms with Crippen LogP contribution in [0, 0.1) is 0 Å². The summed E-state index contributed by atoms with van der Waals surface area (Å²) in [6, 6.07) is 1.92. The Hall–Kier alpha value is -2.04. The number of carboxylic acids is 1. The largest absolute Gasteiger partial charge is 0.481 e. The quantitative estimate of drug-likeness (QED) is 0.786. The predicted molar refractivity (Wildman–Crippen MR) is 54.3 cm³/mol. The van der Waals surface area contributed by atoms with E-state index in [-0.39, 0.29) is 6.42 Å². The van der Waals surface area contributed by atoms with Gasteiger partial charge in [-0.25, -0.2) is 0 Å². The van der Waals surface area contributed by atoms with Gasteiger partial charge in [0.1, 0.15) is 0 Å². The van der Waals surface area contributed by atoms with Crippen LogP contribution in [-0.4, -0.2) is 25.8 Å². The molecule has 78 valence electrons. The highest BCUT2D eigenvalue weighted by Gasteiger charge is 2.11. The van der Waals surface area contributed by atoms with Crippen LogP contribution in [0.4, 0.5) is 0 Å². The van der Waals surface area contributed by atoms with Crippen molar-refractivity contribution in [3.63, 3.8) is 0 Å². The Morgan fingerprint density at radius 1 is 1.67 bits per heavy atom. The summed E-state index contributed by atoms with van der Waals surface area (Å²) in [6.07, 6.45) is 5.36. The minimum Gasteiger partial charge on any atom is -0.481 e. The lowest BCUT2D eigenvalue weighted by atomic mass is 10.1. The number of hydrogen-bond donors (Lipinski definition) is 2. The topological polar surface area (TPSA) is 70.9 Å². The molecule has 0 saturated carbocycles. The maximum absolute atomic E-state index is 10.6. The van der Waals surface area contributed by atoms with Crippen LogP contribution in [0.15, 0.2) is 24.7 Å². The summed E-state index contributed by atoms with van der Waals surface area (Å²) in [6.45, 7) is 0. The Kier molecular flexibility index (Phi) is 2.29. The molecule has 5 heteroatoms. The molecule has 0 bridgehead atoms. The molecule has 0 saturated heterocycles. The molecule has 0 atom stereocenters. The lowest BCUT2D eigenvalue weighted by molar-refractivity contribution is -0.136. The summed E-state index contributed by atoms with van der Waals surface area (Å²) in [4.78, 5) is 10.6. The molecule has 2 aromatic heterocycles. The van der Waals surface area contributed by atoms with E-state index < -0.39 is 5.97 Å². The average Bonchev–Trinajstić information content (AvgIpc) is 2.72. The van der Waals surface area contributed by atoms with Crippen LogP contribution >= 0.6 is 0 Å². The van der Waals surface area contributed by atoms with Gasteiger partial charge in [0, 0.05) is 30.6 Å². The zero-order valence-electron chi connectivity index (χ0n) is 8.27. The molecule has 0 amide bonds. The lowest BCUT2D eigenvalue weighted by Gasteiger charge is -1.97. The lowest BCUT2D eigenvalue weighted by Crippen LogP contribution is -2.00. The summed E-state index contributed by atoms with van der Waals surface area (Å²) in [5.41, 5.74) is 2.43. The molecule has 0 unspecified atom stereocenters. The van der Waals surface area contributed by atoms with Crippen LogP contribution in [0.1, 0.15) is 5.56 Å². The van der Waals surface area contributed by atoms with Gasteiger partial charge in [0.05, 0.1) is 18.3 Å². The summed E-state index contributed by atoms with van der Waals surface area (Å²) in [5.74, 6) is -0.853. The third kappa shape index (κ3) is 1.90. The van der Waals surface area contributed by atoms with Gasteiger partial charge in [-0.05, 0) is 6.07 Å². The van der Waals surface area contributed by atoms with Crippen LogP contribution in [0.5, 0.6) is 0 Å². The number of aromatic nitrogens is 3. The van der Waals surface area contributed by atoms with Gasteiger partial charge in [-0.3, -0.25) is 9.89 Å². The molecule has 0 aromatic carbocycles. The molecule has 0 aliphatic rings. The van der Waals surface area contributed by atoms with Crippen LogP contribution in [-0.2, 0) is 18.3 Å². The summed E-state index contributed by atoms with van der Waals surface area (Å²) in [5, 5.41) is 15.4. The van der Waals surface area contributed by atoms with E-state index >= 15 is 0 Å². The number of aliphatic carboxylic acids is 1. The van der Waals surface area contributed by atoms with Gasteiger partial charge in [-0.1, -0.05) is 0 Å². The fourth-order valence-corrected chi connectivity index (χ4v) is 1.51. The number of nitrogens with one attached hydrogen (secondary N) is 1. The second kappa shape index (κ2) is 3.61. The van der Waals surface area contributed by atoms with E-state index in [4.69, 9.17) is 5.11 Å². The number of hydrogen-bond acceptors (Lipinski definition) is 2. The van der Waals surface area contributed by atoms with Crippen LogP contribution < -0.4 is 0 Å². The predicted octanol–water partition coefficient (Wildman–Crippen LogP) is 1.04. The average molecular weight is 205 g/mol. The molecule has 5 nitrogen and oxygen atoms in total. The zero-order chi connectivity index (χ0) is 10.8. The van der Waals surface area contributed by atoms with Gasteiger partial charge in [0.2, 0.25) is 0 Å². The number of aromatic amines is 1. The second-order valence-corrected chi connectivity index (χ2v) is 3.41. The van der Waals surface area contributed by atoms with Crippen molar-refractivity contribution in [2.24, 2.45) is 7.05 Å². The highest BCUT2D eigenvalue weighted by molar-refractivity contribution is 5.74. The SMILES string of the molecule is Cn1ccc(-c2[nH]ncc2CC(=O)O)c1. The third-order valence-corrected chi connectivity index (χ3v) is 2.18. The van der Waals surface area contributed by atoms with Crippen molar-refractivity contribution in [2.75, 3.05) is 0 Å². The fourth-order valence-electron chi connectivity index (χ4n) is 1.51. The maximum Gasteiger partial charge on any atom is 0.307 e. The van der Waals surface area contributed by atoms with Gasteiger partial charge in [-0.2, -0.15) is 5.10 Å². The molecule has 0 fully saturated rings. The molecule has 15 heavy (non-hydrogen) atoms. The van der Waals surface area contributed by atoms with Crippen LogP contribution in [0.3, 0.4) is 0 Å². The molecule has 0 radical (unpaired) electrons. The Balaban J connectivity index is 2.36. The van der Waals surface area contributed by atoms with Crippen molar-refractivity contribution in [1.29, 1.82) is 0 Å². The van der Waals surface area contributed by atoms with Gasteiger partial charge in [0.25, 0.3) is 0 Å². The van der Waals surface area contributed by atoms with Crippen molar-refractivity contribution >= 4 is 5.97 Å². The number of H-pyrrole nitrogens is 1. The first-order valence-corrected chi connectivity index (χ1v) is 4.53. The number of carbonyl (C=O) groups is 1. The van der Waals surface area contributed by atoms with Crippen molar-refractivity contribution in [3.05, 3.63) is 30.2 Å². The van der Waals surface area contributed by atoms with E-state index in [1.165, 1.54) is 0 Å². The van der Waals surface area contributed by atoms with Crippen molar-refractivity contribution < 1.29 is 9.90 Å². The monoisotopic (exact) mass is 205 g/mol. The Morgan fingerprint density at radius 2 is 2.47 bits per heavy atom. The Morgan fingerprint density at radius 3 is 3.07 bits per heavy atom. The van der Waals surface area contributed by atoms with Crippen molar-refractivity contribution in [1.82, 2.24) is 14.8 Å². The van der Waals surface area contributed by atoms with Crippen molar-refractivity contribution in [3.8, 4) is 11.3 Å². The van der Waals surface area contributed by atoms with Gasteiger partial charge >= 0.3 is 5.97 Å². The maximum atomic E-state index is 10.6. The molecule has 0 aliphatic carbocycles. The highest BCUT2D eigenvalue weighted by Crippen LogP contribution is 2.21. The summed E-state index contributed by atoms with van der Waals surface area (Å²) >= 11 is 0. The molecular weight excluding hydrogens is 194 g/mol. The number of carboxylic acid groups (broad SMARTS) is 1. The summed E-state index contributed by atoms with van der Waals surface area (Å²) < 4.78 is 1.90. The van der Waals surface area contributed by atoms with E-state index in [9.17, 15) is 4.79 Å². The van der Waals surface area contributed by atoms with Gasteiger partial charge in [-0.15, -0.1) is 0 Å². The standard InChI is InChI=1S/C10H11N3O2/c1-13-3-2-7(6-13)10-8(4-9(14)15)5-11-12-10/h2-3,5-6H,4H2,1H3,(H,11,12)(H,14,15). The van der Waals surface area contributed by atoms with Gasteiger partial charge < -0.3 is 9.67 Å². The molecule has 2 heterocycles. The van der Waals surface area contributed by atoms with Crippen LogP contribution in [0.2, 0.25) is 0 Å². The van der Waals surface area contributed by atoms with Crippen molar-refractivity contribution in [2.45, 2.75) is 6.42 Å². The van der Waals surface area contributed by atoms with E-state index in [0.717, 1.165) is 11.3 Å². The minimum absolute atomic E-state index is 0.0132. The molecule has 0 spiro atoms. The molecule has 2 aromatic rings. The number of rotatable bonds is 3. The first kappa shape index (κ1) is 9.51. The minimum atomic E-state index is -0.853. The second-order valence-electron chi connectivity index (χ2n) is 3.41. The Labute approximate surface area is 86.4 Å². The van der Waals surface area contributed by atoms with E-state index in [0.29, 0.717) is 5.56 Å². The molecular formula is C10H11N3O2. The van der Waals surface area contributed by atoms with Gasteiger partial charge in [0.15, 0.2) is 0 Å². The van der Waals surface area contributed by atoms with E-state index in [2.05, 4.69) is 10.2 Å². The third-order valence-electron chi connectivity index (χ3n) is 2.18. The van der Waals surface area contributed by atoms with E-state index in [1.54, 1.807) is 6.20 Å². The normalized spacial score (nSPS) is 10.5. The smallest absolute Gasteiger partial charge is 0.307 e. The van der Waals surface area contributed by atoms with Crippen LogP contribution in [0.25, 0.3) is 11.3 Å². The molecule has 2 N–H and O–H groups in total. The Bertz CT molecular complexity index is 484. The molecule has 2 rings (SSSR count). The fraction of sp³-hybridized carbons (Fsp3) is 0.200.